The normalized spacial score (nSPS) is 20.4. The van der Waals surface area contributed by atoms with E-state index in [1.807, 2.05) is 30.3 Å². The predicted molar refractivity (Wildman–Crippen MR) is 93.9 cm³/mol. The highest BCUT2D eigenvalue weighted by Gasteiger charge is 2.32. The van der Waals surface area contributed by atoms with E-state index in [1.54, 1.807) is 0 Å². The monoisotopic (exact) mass is 324 g/mol. The maximum absolute atomic E-state index is 12.1. The average Bonchev–Trinajstić information content (AvgIpc) is 2.67. The van der Waals surface area contributed by atoms with E-state index < -0.39 is 0 Å². The van der Waals surface area contributed by atoms with Crippen molar-refractivity contribution >= 4 is 5.97 Å². The first-order valence-corrected chi connectivity index (χ1v) is 8.62. The summed E-state index contributed by atoms with van der Waals surface area (Å²) < 4.78 is 10.9. The summed E-state index contributed by atoms with van der Waals surface area (Å²) in [6.07, 6.45) is 4.24. The van der Waals surface area contributed by atoms with Crippen LogP contribution in [0.1, 0.15) is 42.7 Å². The molecule has 1 aliphatic rings. The Morgan fingerprint density at radius 2 is 1.83 bits per heavy atom. The van der Waals surface area contributed by atoms with E-state index in [0.717, 1.165) is 30.6 Å². The average molecular weight is 324 g/mol. The Balaban J connectivity index is 1.72. The molecular weight excluding hydrogens is 300 g/mol. The maximum Gasteiger partial charge on any atom is 0.309 e. The Kier molecular flexibility index (Phi) is 5.52. The molecule has 0 amide bonds. The first-order valence-electron chi connectivity index (χ1n) is 8.62. The molecule has 126 valence electrons. The van der Waals surface area contributed by atoms with Crippen LogP contribution in [0.15, 0.2) is 54.6 Å². The number of benzene rings is 2. The summed E-state index contributed by atoms with van der Waals surface area (Å²) in [6, 6.07) is 18.3. The Labute approximate surface area is 143 Å². The van der Waals surface area contributed by atoms with Gasteiger partial charge in [-0.3, -0.25) is 4.79 Å². The van der Waals surface area contributed by atoms with Crippen LogP contribution in [0.25, 0.3) is 0 Å². The molecule has 3 nitrogen and oxygen atoms in total. The lowest BCUT2D eigenvalue weighted by molar-refractivity contribution is -0.147. The van der Waals surface area contributed by atoms with Gasteiger partial charge in [0.25, 0.3) is 0 Å². The number of carbonyl (C=O) groups is 1. The molecule has 0 aromatic heterocycles. The number of para-hydroxylation sites is 1. The summed E-state index contributed by atoms with van der Waals surface area (Å²) in [5, 5.41) is 0. The molecule has 0 N–H and O–H groups in total. The minimum Gasteiger partial charge on any atom is -0.489 e. The summed E-state index contributed by atoms with van der Waals surface area (Å²) >= 11 is 0. The predicted octanol–water partition coefficient (Wildman–Crippen LogP) is 4.71. The molecule has 0 heterocycles. The van der Waals surface area contributed by atoms with Crippen molar-refractivity contribution in [2.45, 2.75) is 38.2 Å². The van der Waals surface area contributed by atoms with Crippen molar-refractivity contribution in [1.29, 1.82) is 0 Å². The van der Waals surface area contributed by atoms with E-state index in [4.69, 9.17) is 9.47 Å². The van der Waals surface area contributed by atoms with Gasteiger partial charge in [0.1, 0.15) is 12.4 Å². The van der Waals surface area contributed by atoms with Crippen molar-refractivity contribution in [3.05, 3.63) is 65.7 Å². The molecule has 24 heavy (non-hydrogen) atoms. The molecule has 2 aromatic carbocycles. The largest absolute Gasteiger partial charge is 0.489 e. The fourth-order valence-electron chi connectivity index (χ4n) is 3.56. The minimum atomic E-state index is -0.0781. The summed E-state index contributed by atoms with van der Waals surface area (Å²) in [5.41, 5.74) is 2.35. The lowest BCUT2D eigenvalue weighted by atomic mass is 9.75. The highest BCUT2D eigenvalue weighted by Crippen LogP contribution is 2.38. The fraction of sp³-hybridized carbons (Fsp3) is 0.381. The van der Waals surface area contributed by atoms with E-state index >= 15 is 0 Å². The summed E-state index contributed by atoms with van der Waals surface area (Å²) in [7, 11) is 1.48. The highest BCUT2D eigenvalue weighted by molar-refractivity contribution is 5.73. The van der Waals surface area contributed by atoms with Crippen LogP contribution in [0, 0.1) is 5.92 Å². The summed E-state index contributed by atoms with van der Waals surface area (Å²) in [4.78, 5) is 12.1. The lowest BCUT2D eigenvalue weighted by Crippen LogP contribution is -2.26. The topological polar surface area (TPSA) is 35.5 Å². The van der Waals surface area contributed by atoms with Gasteiger partial charge in [0, 0.05) is 0 Å². The van der Waals surface area contributed by atoms with E-state index in [2.05, 4.69) is 24.3 Å². The molecular formula is C21H24O3. The second-order valence-electron chi connectivity index (χ2n) is 6.37. The number of hydrogen-bond donors (Lipinski definition) is 0. The van der Waals surface area contributed by atoms with Gasteiger partial charge in [-0.2, -0.15) is 0 Å². The van der Waals surface area contributed by atoms with Gasteiger partial charge in [-0.15, -0.1) is 0 Å². The van der Waals surface area contributed by atoms with Crippen LogP contribution < -0.4 is 4.74 Å². The van der Waals surface area contributed by atoms with Crippen LogP contribution in [-0.2, 0) is 16.1 Å². The fourth-order valence-corrected chi connectivity index (χ4v) is 3.56. The Hall–Kier alpha value is -2.29. The molecule has 2 aromatic rings. The van der Waals surface area contributed by atoms with Crippen molar-refractivity contribution in [1.82, 2.24) is 0 Å². The van der Waals surface area contributed by atoms with Gasteiger partial charge in [-0.1, -0.05) is 55.3 Å². The third-order valence-corrected chi connectivity index (χ3v) is 4.80. The molecule has 2 atom stereocenters. The summed E-state index contributed by atoms with van der Waals surface area (Å²) in [6.45, 7) is 0.535. The zero-order valence-electron chi connectivity index (χ0n) is 14.1. The van der Waals surface area contributed by atoms with Crippen LogP contribution in [0.3, 0.4) is 0 Å². The van der Waals surface area contributed by atoms with Crippen molar-refractivity contribution in [2.24, 2.45) is 5.92 Å². The lowest BCUT2D eigenvalue weighted by Gasteiger charge is -2.30. The molecule has 3 rings (SSSR count). The number of methoxy groups -OCH3 is 1. The zero-order valence-corrected chi connectivity index (χ0v) is 14.1. The van der Waals surface area contributed by atoms with Gasteiger partial charge in [-0.25, -0.2) is 0 Å². The van der Waals surface area contributed by atoms with Gasteiger partial charge < -0.3 is 9.47 Å². The Bertz CT molecular complexity index is 666. The molecule has 0 unspecified atom stereocenters. The van der Waals surface area contributed by atoms with Crippen molar-refractivity contribution in [2.75, 3.05) is 7.11 Å². The SMILES string of the molecule is COC(=O)[C@H]1CCCC[C@H]1c1cccc(COc2ccccc2)c1. The van der Waals surface area contributed by atoms with Gasteiger partial charge in [0.2, 0.25) is 0 Å². The van der Waals surface area contributed by atoms with Crippen LogP contribution in [0.5, 0.6) is 5.75 Å². The van der Waals surface area contributed by atoms with Crippen molar-refractivity contribution < 1.29 is 14.3 Å². The van der Waals surface area contributed by atoms with E-state index in [9.17, 15) is 4.79 Å². The smallest absolute Gasteiger partial charge is 0.309 e. The molecule has 1 fully saturated rings. The molecule has 1 aliphatic carbocycles. The molecule has 1 saturated carbocycles. The number of ether oxygens (including phenoxy) is 2. The number of hydrogen-bond acceptors (Lipinski definition) is 3. The molecule has 0 radical (unpaired) electrons. The van der Waals surface area contributed by atoms with Crippen LogP contribution >= 0.6 is 0 Å². The van der Waals surface area contributed by atoms with Gasteiger partial charge in [-0.05, 0) is 42.0 Å². The van der Waals surface area contributed by atoms with E-state index in [1.165, 1.54) is 19.1 Å². The quantitative estimate of drug-likeness (QED) is 0.747. The third-order valence-electron chi connectivity index (χ3n) is 4.80. The number of esters is 1. The molecule has 3 heteroatoms. The molecule has 0 spiro atoms. The molecule has 0 saturated heterocycles. The van der Waals surface area contributed by atoms with Crippen molar-refractivity contribution in [3.63, 3.8) is 0 Å². The highest BCUT2D eigenvalue weighted by atomic mass is 16.5. The molecule has 0 aliphatic heterocycles. The maximum atomic E-state index is 12.1. The van der Waals surface area contributed by atoms with E-state index in [-0.39, 0.29) is 17.8 Å². The second-order valence-corrected chi connectivity index (χ2v) is 6.37. The Morgan fingerprint density at radius 1 is 1.04 bits per heavy atom. The number of rotatable bonds is 5. The zero-order chi connectivity index (χ0) is 16.8. The standard InChI is InChI=1S/C21H24O3/c1-23-21(22)20-13-6-5-12-19(20)17-9-7-8-16(14-17)15-24-18-10-3-2-4-11-18/h2-4,7-11,14,19-20H,5-6,12-13,15H2,1H3/t19-,20-/m0/s1. The number of carbonyl (C=O) groups excluding carboxylic acids is 1. The third kappa shape index (κ3) is 3.97. The molecule has 0 bridgehead atoms. The van der Waals surface area contributed by atoms with Gasteiger partial charge in [0.15, 0.2) is 0 Å². The van der Waals surface area contributed by atoms with Crippen LogP contribution in [-0.4, -0.2) is 13.1 Å². The first kappa shape index (κ1) is 16.6. The first-order chi connectivity index (χ1) is 11.8. The van der Waals surface area contributed by atoms with Crippen LogP contribution in [0.2, 0.25) is 0 Å². The van der Waals surface area contributed by atoms with Gasteiger partial charge >= 0.3 is 5.97 Å². The second kappa shape index (κ2) is 8.00. The van der Waals surface area contributed by atoms with Crippen molar-refractivity contribution in [3.8, 4) is 5.75 Å². The van der Waals surface area contributed by atoms with E-state index in [0.29, 0.717) is 6.61 Å². The van der Waals surface area contributed by atoms with Gasteiger partial charge in [0.05, 0.1) is 13.0 Å². The Morgan fingerprint density at radius 3 is 2.62 bits per heavy atom. The summed E-state index contributed by atoms with van der Waals surface area (Å²) in [5.74, 6) is 1.02. The minimum absolute atomic E-state index is 0.0194. The van der Waals surface area contributed by atoms with Crippen LogP contribution in [0.4, 0.5) is 0 Å².